The Bertz CT molecular complexity index is 633. The minimum absolute atomic E-state index is 0.135. The van der Waals surface area contributed by atoms with Crippen molar-refractivity contribution in [2.24, 2.45) is 5.92 Å². The minimum Gasteiger partial charge on any atom is -0.356 e. The summed E-state index contributed by atoms with van der Waals surface area (Å²) in [5.41, 5.74) is 1.02. The minimum atomic E-state index is -3.44. The van der Waals surface area contributed by atoms with Crippen molar-refractivity contribution >= 4 is 15.9 Å². The molecular weight excluding hydrogens is 324 g/mol. The quantitative estimate of drug-likeness (QED) is 0.792. The molecule has 2 rings (SSSR count). The molecule has 1 aliphatic rings. The molecule has 0 saturated heterocycles. The molecule has 0 spiro atoms. The Kier molecular flexibility index (Phi) is 6.80. The average molecular weight is 353 g/mol. The van der Waals surface area contributed by atoms with Crippen molar-refractivity contribution in [3.63, 3.8) is 0 Å². The average Bonchev–Trinajstić information content (AvgIpc) is 2.55. The van der Waals surface area contributed by atoms with Crippen molar-refractivity contribution in [3.05, 3.63) is 29.8 Å². The number of hydrogen-bond acceptors (Lipinski definition) is 3. The van der Waals surface area contributed by atoms with E-state index in [2.05, 4.69) is 10.0 Å². The summed E-state index contributed by atoms with van der Waals surface area (Å²) in [4.78, 5) is 12.3. The van der Waals surface area contributed by atoms with Gasteiger partial charge < -0.3 is 5.32 Å². The largest absolute Gasteiger partial charge is 0.356 e. The highest BCUT2D eigenvalue weighted by Crippen LogP contribution is 2.23. The molecule has 1 fully saturated rings. The molecule has 6 heteroatoms. The van der Waals surface area contributed by atoms with Crippen molar-refractivity contribution < 1.29 is 13.2 Å². The van der Waals surface area contributed by atoms with E-state index in [1.54, 1.807) is 26.0 Å². The number of nitrogens with one attached hydrogen (secondary N) is 2. The predicted molar refractivity (Wildman–Crippen MR) is 95.2 cm³/mol. The van der Waals surface area contributed by atoms with Gasteiger partial charge >= 0.3 is 0 Å². The predicted octanol–water partition coefficient (Wildman–Crippen LogP) is 2.61. The van der Waals surface area contributed by atoms with Gasteiger partial charge in [-0.3, -0.25) is 4.79 Å². The van der Waals surface area contributed by atoms with Crippen LogP contribution in [0.15, 0.2) is 29.2 Å². The lowest BCUT2D eigenvalue weighted by atomic mass is 9.88. The first-order valence-electron chi connectivity index (χ1n) is 8.77. The zero-order valence-corrected chi connectivity index (χ0v) is 15.4. The molecule has 0 atom stereocenters. The molecule has 1 saturated carbocycles. The molecule has 0 heterocycles. The highest BCUT2D eigenvalue weighted by Gasteiger charge is 2.20. The molecule has 1 aromatic rings. The van der Waals surface area contributed by atoms with Gasteiger partial charge in [0.25, 0.3) is 0 Å². The van der Waals surface area contributed by atoms with E-state index in [1.807, 2.05) is 12.1 Å². The van der Waals surface area contributed by atoms with Crippen LogP contribution in [0.25, 0.3) is 0 Å². The van der Waals surface area contributed by atoms with E-state index in [9.17, 15) is 13.2 Å². The summed E-state index contributed by atoms with van der Waals surface area (Å²) in [5.74, 6) is 0.336. The lowest BCUT2D eigenvalue weighted by molar-refractivity contribution is -0.125. The number of rotatable bonds is 7. The Morgan fingerprint density at radius 2 is 1.75 bits per heavy atom. The number of amides is 1. The summed E-state index contributed by atoms with van der Waals surface area (Å²) in [7, 11) is -3.44. The molecule has 0 unspecified atom stereocenters. The van der Waals surface area contributed by atoms with E-state index in [0.717, 1.165) is 31.2 Å². The van der Waals surface area contributed by atoms with E-state index in [-0.39, 0.29) is 22.8 Å². The van der Waals surface area contributed by atoms with Crippen LogP contribution in [0.1, 0.15) is 51.5 Å². The van der Waals surface area contributed by atoms with Crippen LogP contribution in [0, 0.1) is 5.92 Å². The van der Waals surface area contributed by atoms with Crippen LogP contribution in [0.2, 0.25) is 0 Å². The molecular formula is C18H28N2O3S. The second-order valence-electron chi connectivity index (χ2n) is 6.80. The van der Waals surface area contributed by atoms with E-state index >= 15 is 0 Å². The maximum atomic E-state index is 12.1. The zero-order valence-electron chi connectivity index (χ0n) is 14.5. The molecule has 0 aliphatic heterocycles. The van der Waals surface area contributed by atoms with Gasteiger partial charge in [0.05, 0.1) is 4.90 Å². The van der Waals surface area contributed by atoms with E-state index < -0.39 is 10.0 Å². The van der Waals surface area contributed by atoms with Gasteiger partial charge in [-0.25, -0.2) is 13.1 Å². The summed E-state index contributed by atoms with van der Waals surface area (Å²) >= 11 is 0. The van der Waals surface area contributed by atoms with Crippen molar-refractivity contribution in [3.8, 4) is 0 Å². The van der Waals surface area contributed by atoms with Gasteiger partial charge in [-0.15, -0.1) is 0 Å². The molecule has 0 aromatic heterocycles. The highest BCUT2D eigenvalue weighted by atomic mass is 32.2. The SMILES string of the molecule is CC(C)NS(=O)(=O)c1ccc(CCNC(=O)C2CCCCC2)cc1. The standard InChI is InChI=1S/C18H28N2O3S/c1-14(2)20-24(22,23)17-10-8-15(9-11-17)12-13-19-18(21)16-6-4-3-5-7-16/h8-11,14,16,20H,3-7,12-13H2,1-2H3,(H,19,21). The van der Waals surface area contributed by atoms with Crippen molar-refractivity contribution in [1.82, 2.24) is 10.0 Å². The van der Waals surface area contributed by atoms with Crippen LogP contribution in [-0.2, 0) is 21.2 Å². The fourth-order valence-electron chi connectivity index (χ4n) is 3.05. The lowest BCUT2D eigenvalue weighted by Gasteiger charge is -2.20. The second kappa shape index (κ2) is 8.62. The van der Waals surface area contributed by atoms with Crippen molar-refractivity contribution in [2.75, 3.05) is 6.54 Å². The van der Waals surface area contributed by atoms with Crippen LogP contribution in [-0.4, -0.2) is 26.9 Å². The number of carbonyl (C=O) groups is 1. The molecule has 0 radical (unpaired) electrons. The third kappa shape index (κ3) is 5.60. The highest BCUT2D eigenvalue weighted by molar-refractivity contribution is 7.89. The van der Waals surface area contributed by atoms with Gasteiger partial charge in [0.2, 0.25) is 15.9 Å². The summed E-state index contributed by atoms with van der Waals surface area (Å²) in [5, 5.41) is 3.00. The van der Waals surface area contributed by atoms with E-state index in [4.69, 9.17) is 0 Å². The second-order valence-corrected chi connectivity index (χ2v) is 8.51. The van der Waals surface area contributed by atoms with Crippen LogP contribution >= 0.6 is 0 Å². The normalized spacial score (nSPS) is 16.3. The molecule has 134 valence electrons. The number of sulfonamides is 1. The Morgan fingerprint density at radius 3 is 2.33 bits per heavy atom. The maximum absolute atomic E-state index is 12.1. The monoisotopic (exact) mass is 352 g/mol. The van der Waals surface area contributed by atoms with E-state index in [1.165, 1.54) is 6.42 Å². The topological polar surface area (TPSA) is 75.3 Å². The molecule has 5 nitrogen and oxygen atoms in total. The fraction of sp³-hybridized carbons (Fsp3) is 0.611. The van der Waals surface area contributed by atoms with Gasteiger partial charge in [0.15, 0.2) is 0 Å². The molecule has 1 aliphatic carbocycles. The Morgan fingerprint density at radius 1 is 1.12 bits per heavy atom. The lowest BCUT2D eigenvalue weighted by Crippen LogP contribution is -2.33. The van der Waals surface area contributed by atoms with Gasteiger partial charge in [-0.05, 0) is 50.8 Å². The summed E-state index contributed by atoms with van der Waals surface area (Å²) in [6, 6.07) is 6.71. The Balaban J connectivity index is 1.82. The number of benzene rings is 1. The van der Waals surface area contributed by atoms with Gasteiger partial charge in [0.1, 0.15) is 0 Å². The summed E-state index contributed by atoms with van der Waals surface area (Å²) in [6.07, 6.45) is 6.25. The maximum Gasteiger partial charge on any atom is 0.240 e. The van der Waals surface area contributed by atoms with Crippen LogP contribution in [0.5, 0.6) is 0 Å². The van der Waals surface area contributed by atoms with Crippen LogP contribution in [0.3, 0.4) is 0 Å². The third-order valence-electron chi connectivity index (χ3n) is 4.31. The van der Waals surface area contributed by atoms with Crippen LogP contribution in [0.4, 0.5) is 0 Å². The Labute approximate surface area is 145 Å². The van der Waals surface area contributed by atoms with Gasteiger partial charge in [-0.2, -0.15) is 0 Å². The summed E-state index contributed by atoms with van der Waals surface area (Å²) in [6.45, 7) is 4.17. The first kappa shape index (κ1) is 18.9. The Hall–Kier alpha value is -1.40. The van der Waals surface area contributed by atoms with Crippen LogP contribution < -0.4 is 10.0 Å². The van der Waals surface area contributed by atoms with Gasteiger partial charge in [0, 0.05) is 18.5 Å². The smallest absolute Gasteiger partial charge is 0.240 e. The first-order chi connectivity index (χ1) is 11.4. The molecule has 0 bridgehead atoms. The van der Waals surface area contributed by atoms with Crippen molar-refractivity contribution in [2.45, 2.75) is 63.3 Å². The fourth-order valence-corrected chi connectivity index (χ4v) is 4.30. The summed E-state index contributed by atoms with van der Waals surface area (Å²) < 4.78 is 26.7. The molecule has 24 heavy (non-hydrogen) atoms. The van der Waals surface area contributed by atoms with Gasteiger partial charge in [-0.1, -0.05) is 31.4 Å². The number of hydrogen-bond donors (Lipinski definition) is 2. The van der Waals surface area contributed by atoms with E-state index in [0.29, 0.717) is 13.0 Å². The third-order valence-corrected chi connectivity index (χ3v) is 5.99. The van der Waals surface area contributed by atoms with Crippen molar-refractivity contribution in [1.29, 1.82) is 0 Å². The molecule has 1 aromatic carbocycles. The molecule has 1 amide bonds. The first-order valence-corrected chi connectivity index (χ1v) is 10.3. The number of carbonyl (C=O) groups excluding carboxylic acids is 1. The molecule has 2 N–H and O–H groups in total. The zero-order chi connectivity index (χ0) is 17.6.